The van der Waals surface area contributed by atoms with E-state index in [2.05, 4.69) is 5.32 Å². The molecule has 1 unspecified atom stereocenters. The van der Waals surface area contributed by atoms with Crippen LogP contribution in [0.15, 0.2) is 30.3 Å². The second-order valence-corrected chi connectivity index (χ2v) is 6.85. The largest absolute Gasteiger partial charge is 0.486 e. The molecule has 0 radical (unpaired) electrons. The third kappa shape index (κ3) is 3.33. The first kappa shape index (κ1) is 17.1. The third-order valence-electron chi connectivity index (χ3n) is 4.56. The van der Waals surface area contributed by atoms with E-state index in [4.69, 9.17) is 21.1 Å². The number of fused-ring (bicyclic) bond motifs is 1. The summed E-state index contributed by atoms with van der Waals surface area (Å²) < 4.78 is 37.8. The minimum atomic E-state index is -1.11. The van der Waals surface area contributed by atoms with Gasteiger partial charge in [0, 0.05) is 0 Å². The van der Waals surface area contributed by atoms with Crippen molar-refractivity contribution in [1.82, 2.24) is 5.32 Å². The molecule has 1 heterocycles. The molecule has 0 saturated heterocycles. The Morgan fingerprint density at radius 1 is 1.08 bits per heavy atom. The highest BCUT2D eigenvalue weighted by molar-refractivity contribution is 6.33. The summed E-state index contributed by atoms with van der Waals surface area (Å²) in [7, 11) is 0. The molecule has 2 aromatic carbocycles. The monoisotopic (exact) mass is 379 g/mol. The number of benzene rings is 2. The Balaban J connectivity index is 1.60. The van der Waals surface area contributed by atoms with E-state index in [9.17, 15) is 13.6 Å². The van der Waals surface area contributed by atoms with E-state index in [1.165, 1.54) is 0 Å². The van der Waals surface area contributed by atoms with Crippen LogP contribution in [-0.2, 0) is 0 Å². The average Bonchev–Trinajstić information content (AvgIpc) is 3.47. The van der Waals surface area contributed by atoms with Gasteiger partial charge in [0.25, 0.3) is 5.91 Å². The zero-order valence-electron chi connectivity index (χ0n) is 13.7. The van der Waals surface area contributed by atoms with Gasteiger partial charge in [0.05, 0.1) is 16.6 Å². The lowest BCUT2D eigenvalue weighted by molar-refractivity contribution is 0.0931. The normalized spacial score (nSPS) is 16.9. The molecule has 1 saturated carbocycles. The summed E-state index contributed by atoms with van der Waals surface area (Å²) in [6.45, 7) is 0.977. The van der Waals surface area contributed by atoms with E-state index in [0.717, 1.165) is 30.5 Å². The van der Waals surface area contributed by atoms with Crippen molar-refractivity contribution in [3.63, 3.8) is 0 Å². The Kier molecular flexibility index (Phi) is 4.44. The van der Waals surface area contributed by atoms with Crippen LogP contribution in [0.3, 0.4) is 0 Å². The van der Waals surface area contributed by atoms with Gasteiger partial charge in [0.1, 0.15) is 13.2 Å². The summed E-state index contributed by atoms with van der Waals surface area (Å²) in [5, 5.41) is 2.77. The predicted molar refractivity (Wildman–Crippen MR) is 91.7 cm³/mol. The van der Waals surface area contributed by atoms with Crippen LogP contribution < -0.4 is 14.8 Å². The highest BCUT2D eigenvalue weighted by atomic mass is 35.5. The van der Waals surface area contributed by atoms with E-state index in [0.29, 0.717) is 24.7 Å². The number of carbonyl (C=O) groups is 1. The number of rotatable bonds is 4. The van der Waals surface area contributed by atoms with Crippen LogP contribution in [0.5, 0.6) is 11.5 Å². The van der Waals surface area contributed by atoms with E-state index < -0.39 is 17.5 Å². The van der Waals surface area contributed by atoms with Crippen LogP contribution in [0.4, 0.5) is 8.78 Å². The van der Waals surface area contributed by atoms with Crippen LogP contribution in [-0.4, -0.2) is 19.1 Å². The molecule has 4 nitrogen and oxygen atoms in total. The van der Waals surface area contributed by atoms with Gasteiger partial charge in [-0.3, -0.25) is 4.79 Å². The van der Waals surface area contributed by atoms with Gasteiger partial charge < -0.3 is 14.8 Å². The minimum absolute atomic E-state index is 0.0891. The topological polar surface area (TPSA) is 47.6 Å². The summed E-state index contributed by atoms with van der Waals surface area (Å²) in [5.41, 5.74) is 0.789. The van der Waals surface area contributed by atoms with Gasteiger partial charge in [-0.15, -0.1) is 0 Å². The number of hydrogen-bond donors (Lipinski definition) is 1. The van der Waals surface area contributed by atoms with E-state index in [-0.39, 0.29) is 22.5 Å². The molecule has 26 heavy (non-hydrogen) atoms. The van der Waals surface area contributed by atoms with Gasteiger partial charge >= 0.3 is 0 Å². The summed E-state index contributed by atoms with van der Waals surface area (Å²) in [4.78, 5) is 12.6. The van der Waals surface area contributed by atoms with E-state index in [1.54, 1.807) is 0 Å². The van der Waals surface area contributed by atoms with Crippen molar-refractivity contribution in [2.45, 2.75) is 18.9 Å². The summed E-state index contributed by atoms with van der Waals surface area (Å²) in [5.74, 6) is -1.14. The van der Waals surface area contributed by atoms with Crippen molar-refractivity contribution in [2.75, 3.05) is 13.2 Å². The minimum Gasteiger partial charge on any atom is -0.486 e. The number of nitrogens with one attached hydrogen (secondary N) is 1. The summed E-state index contributed by atoms with van der Waals surface area (Å²) in [6, 6.07) is 6.91. The number of hydrogen-bond acceptors (Lipinski definition) is 3. The molecule has 0 aromatic heterocycles. The van der Waals surface area contributed by atoms with Crippen LogP contribution in [0.1, 0.15) is 34.8 Å². The standard InChI is InChI=1S/C19H16ClF2NO3/c20-13-9-15(22)14(21)8-12(13)19(24)23-18(10-1-2-10)11-3-4-16-17(7-11)26-6-5-25-16/h3-4,7-10,18H,1-2,5-6H2,(H,23,24). The third-order valence-corrected chi connectivity index (χ3v) is 4.87. The average molecular weight is 380 g/mol. The van der Waals surface area contributed by atoms with Crippen molar-refractivity contribution >= 4 is 17.5 Å². The molecule has 0 spiro atoms. The second-order valence-electron chi connectivity index (χ2n) is 6.44. The molecular weight excluding hydrogens is 364 g/mol. The lowest BCUT2D eigenvalue weighted by Crippen LogP contribution is -2.30. The highest BCUT2D eigenvalue weighted by Crippen LogP contribution is 2.43. The van der Waals surface area contributed by atoms with Gasteiger partial charge in [0.2, 0.25) is 0 Å². The van der Waals surface area contributed by atoms with Crippen molar-refractivity contribution in [3.05, 3.63) is 58.1 Å². The fourth-order valence-corrected chi connectivity index (χ4v) is 3.31. The van der Waals surface area contributed by atoms with Crippen LogP contribution in [0.2, 0.25) is 5.02 Å². The zero-order valence-corrected chi connectivity index (χ0v) is 14.5. The molecular formula is C19H16ClF2NO3. The van der Waals surface area contributed by atoms with Crippen LogP contribution in [0, 0.1) is 17.6 Å². The lowest BCUT2D eigenvalue weighted by Gasteiger charge is -2.23. The first-order valence-corrected chi connectivity index (χ1v) is 8.75. The summed E-state index contributed by atoms with van der Waals surface area (Å²) in [6.07, 6.45) is 1.95. The summed E-state index contributed by atoms with van der Waals surface area (Å²) >= 11 is 5.91. The molecule has 0 bridgehead atoms. The van der Waals surface area contributed by atoms with Crippen molar-refractivity contribution in [2.24, 2.45) is 5.92 Å². The Morgan fingerprint density at radius 2 is 1.77 bits per heavy atom. The molecule has 7 heteroatoms. The molecule has 136 valence electrons. The van der Waals surface area contributed by atoms with Crippen molar-refractivity contribution < 1.29 is 23.0 Å². The van der Waals surface area contributed by atoms with Crippen molar-refractivity contribution in [3.8, 4) is 11.5 Å². The van der Waals surface area contributed by atoms with E-state index in [1.807, 2.05) is 18.2 Å². The number of carbonyl (C=O) groups excluding carboxylic acids is 1. The fourth-order valence-electron chi connectivity index (χ4n) is 3.07. The Morgan fingerprint density at radius 3 is 2.50 bits per heavy atom. The maximum Gasteiger partial charge on any atom is 0.253 e. The van der Waals surface area contributed by atoms with Crippen molar-refractivity contribution in [1.29, 1.82) is 0 Å². The Labute approximate surface area is 154 Å². The fraction of sp³-hybridized carbons (Fsp3) is 0.316. The van der Waals surface area contributed by atoms with Gasteiger partial charge in [-0.1, -0.05) is 17.7 Å². The van der Waals surface area contributed by atoms with Gasteiger partial charge in [-0.25, -0.2) is 8.78 Å². The molecule has 1 aliphatic heterocycles. The molecule has 4 rings (SSSR count). The first-order chi connectivity index (χ1) is 12.5. The zero-order chi connectivity index (χ0) is 18.3. The lowest BCUT2D eigenvalue weighted by atomic mass is 10.0. The van der Waals surface area contributed by atoms with Crippen LogP contribution >= 0.6 is 11.6 Å². The molecule has 1 aliphatic carbocycles. The SMILES string of the molecule is O=C(NC(c1ccc2c(c1)OCCO2)C1CC1)c1cc(F)c(F)cc1Cl. The smallest absolute Gasteiger partial charge is 0.253 e. The molecule has 1 amide bonds. The molecule has 1 N–H and O–H groups in total. The second kappa shape index (κ2) is 6.76. The van der Waals surface area contributed by atoms with E-state index >= 15 is 0 Å². The van der Waals surface area contributed by atoms with Gasteiger partial charge in [-0.05, 0) is 48.6 Å². The molecule has 2 aromatic rings. The maximum absolute atomic E-state index is 13.5. The molecule has 1 fully saturated rings. The number of ether oxygens (including phenoxy) is 2. The van der Waals surface area contributed by atoms with Crippen LogP contribution in [0.25, 0.3) is 0 Å². The molecule has 2 aliphatic rings. The van der Waals surface area contributed by atoms with Gasteiger partial charge in [0.15, 0.2) is 23.1 Å². The molecule has 1 atom stereocenters. The quantitative estimate of drug-likeness (QED) is 0.807. The maximum atomic E-state index is 13.5. The number of amides is 1. The highest BCUT2D eigenvalue weighted by Gasteiger charge is 2.34. The first-order valence-electron chi connectivity index (χ1n) is 8.38. The number of halogens is 3. The Bertz CT molecular complexity index is 870. The Hall–Kier alpha value is -2.34. The predicted octanol–water partition coefficient (Wildman–Crippen LogP) is 4.27. The van der Waals surface area contributed by atoms with Gasteiger partial charge in [-0.2, -0.15) is 0 Å².